The molecule has 35 heavy (non-hydrogen) atoms. The second-order valence-electron chi connectivity index (χ2n) is 11.8. The van der Waals surface area contributed by atoms with E-state index in [2.05, 4.69) is 53.2 Å². The molecule has 1 N–H and O–H groups in total. The van der Waals surface area contributed by atoms with Crippen LogP contribution in [0, 0.1) is 11.2 Å². The van der Waals surface area contributed by atoms with E-state index in [9.17, 15) is 14.3 Å². The lowest BCUT2D eigenvalue weighted by Gasteiger charge is -2.49. The molecule has 0 aromatic heterocycles. The highest BCUT2D eigenvalue weighted by Gasteiger charge is 2.41. The van der Waals surface area contributed by atoms with Crippen LogP contribution in [-0.2, 0) is 15.3 Å². The van der Waals surface area contributed by atoms with Crippen LogP contribution in [0.2, 0.25) is 0 Å². The van der Waals surface area contributed by atoms with E-state index in [-0.39, 0.29) is 34.6 Å². The minimum atomic E-state index is -1.48. The maximum Gasteiger partial charge on any atom is 0.338 e. The summed E-state index contributed by atoms with van der Waals surface area (Å²) in [4.78, 5) is 13.3. The van der Waals surface area contributed by atoms with E-state index in [1.807, 2.05) is 6.92 Å². The van der Waals surface area contributed by atoms with Gasteiger partial charge in [0.25, 0.3) is 0 Å². The number of carbonyl (C=O) groups excluding carboxylic acids is 1. The number of fused-ring (bicyclic) bond motifs is 1. The fourth-order valence-electron chi connectivity index (χ4n) is 4.73. The Hall–Kier alpha value is -1.89. The zero-order valence-corrected chi connectivity index (χ0v) is 23.4. The number of aliphatic hydroxyl groups excluding tert-OH is 1. The van der Waals surface area contributed by atoms with Crippen molar-refractivity contribution in [3.63, 3.8) is 0 Å². The van der Waals surface area contributed by atoms with Crippen molar-refractivity contribution in [2.24, 2.45) is 5.41 Å². The molecule has 3 rings (SSSR count). The highest BCUT2D eigenvalue weighted by molar-refractivity contribution is 8.29. The normalized spacial score (nSPS) is 19.1. The minimum absolute atomic E-state index is 0.0162. The van der Waals surface area contributed by atoms with Crippen LogP contribution < -0.4 is 0 Å². The van der Waals surface area contributed by atoms with E-state index in [0.29, 0.717) is 5.56 Å². The molecule has 1 aliphatic carbocycles. The molecule has 0 radical (unpaired) electrons. The topological polar surface area (TPSA) is 55.8 Å². The average Bonchev–Trinajstić information content (AvgIpc) is 2.75. The van der Waals surface area contributed by atoms with Gasteiger partial charge in [0.05, 0.1) is 18.8 Å². The predicted molar refractivity (Wildman–Crippen MR) is 144 cm³/mol. The van der Waals surface area contributed by atoms with Gasteiger partial charge in [-0.05, 0) is 65.2 Å². The van der Waals surface area contributed by atoms with Crippen LogP contribution in [0.1, 0.15) is 87.0 Å². The van der Waals surface area contributed by atoms with Gasteiger partial charge >= 0.3 is 5.97 Å². The molecule has 6 heteroatoms. The summed E-state index contributed by atoms with van der Waals surface area (Å²) in [7, 11) is -0.113. The Morgan fingerprint density at radius 2 is 1.83 bits per heavy atom. The van der Waals surface area contributed by atoms with Crippen LogP contribution in [0.25, 0.3) is 11.1 Å². The Labute approximate surface area is 211 Å². The third kappa shape index (κ3) is 5.60. The molecule has 0 fully saturated rings. The number of carbonyl (C=O) groups is 1. The summed E-state index contributed by atoms with van der Waals surface area (Å²) in [6.45, 7) is 12.9. The lowest BCUT2D eigenvalue weighted by Crippen LogP contribution is -2.33. The first-order valence-corrected chi connectivity index (χ1v) is 14.5. The number of benzene rings is 2. The first-order chi connectivity index (χ1) is 16.1. The summed E-state index contributed by atoms with van der Waals surface area (Å²) in [5.41, 5.74) is 4.72. The van der Waals surface area contributed by atoms with Crippen molar-refractivity contribution >= 4 is 16.3 Å². The Balaban J connectivity index is 2.42. The molecular formula is C29H41FO4S. The van der Waals surface area contributed by atoms with E-state index >= 15 is 0 Å². The number of aliphatic hydroxyl groups is 1. The number of hydrogen-bond donors (Lipinski definition) is 1. The summed E-state index contributed by atoms with van der Waals surface area (Å²) in [6, 6.07) is 8.31. The molecule has 0 aliphatic heterocycles. The first kappa shape index (κ1) is 27.7. The minimum Gasteiger partial charge on any atom is -0.465 e. The quantitative estimate of drug-likeness (QED) is 0.423. The van der Waals surface area contributed by atoms with Gasteiger partial charge in [0.15, 0.2) is 0 Å². The van der Waals surface area contributed by atoms with Crippen LogP contribution in [0.4, 0.5) is 4.39 Å². The molecule has 0 spiro atoms. The van der Waals surface area contributed by atoms with Gasteiger partial charge in [0.2, 0.25) is 0 Å². The van der Waals surface area contributed by atoms with Gasteiger partial charge in [-0.3, -0.25) is 0 Å². The third-order valence-corrected chi connectivity index (χ3v) is 11.0. The number of rotatable bonds is 6. The van der Waals surface area contributed by atoms with Crippen molar-refractivity contribution in [1.29, 1.82) is 0 Å². The number of halogens is 1. The molecule has 2 aromatic rings. The average molecular weight is 505 g/mol. The maximum absolute atomic E-state index is 13.9. The van der Waals surface area contributed by atoms with Crippen LogP contribution in [0.15, 0.2) is 30.3 Å². The molecular weight excluding hydrogens is 463 g/mol. The Bertz CT molecular complexity index is 1080. The number of hydrogen-bond acceptors (Lipinski definition) is 4. The molecule has 4 nitrogen and oxygen atoms in total. The summed E-state index contributed by atoms with van der Waals surface area (Å²) < 4.78 is 26.1. The van der Waals surface area contributed by atoms with Crippen LogP contribution in [0.3, 0.4) is 0 Å². The first-order valence-electron chi connectivity index (χ1n) is 12.2. The standard InChI is InChI=1S/C29H41FO4S/c1-18(17-31)22-14-20-15-29(5,6)16-23(34-35(8,9)28(2,3)4)24(20)25(26(22)27(32)33-7)19-10-12-21(30)13-11-19/h10-14,18,23,31H,15-17H2,1-9H3. The summed E-state index contributed by atoms with van der Waals surface area (Å²) >= 11 is 0. The molecule has 0 bridgehead atoms. The smallest absolute Gasteiger partial charge is 0.338 e. The molecule has 0 amide bonds. The molecule has 2 atom stereocenters. The summed E-state index contributed by atoms with van der Waals surface area (Å²) in [5, 5.41) is 10.0. The highest BCUT2D eigenvalue weighted by atomic mass is 32.3. The number of esters is 1. The van der Waals surface area contributed by atoms with E-state index in [1.54, 1.807) is 12.1 Å². The lowest BCUT2D eigenvalue weighted by molar-refractivity contribution is 0.0599. The molecule has 194 valence electrons. The van der Waals surface area contributed by atoms with Crippen molar-refractivity contribution in [1.82, 2.24) is 0 Å². The van der Waals surface area contributed by atoms with Gasteiger partial charge in [0.1, 0.15) is 5.82 Å². The third-order valence-electron chi connectivity index (χ3n) is 7.37. The zero-order chi connectivity index (χ0) is 26.3. The fraction of sp³-hybridized carbons (Fsp3) is 0.552. The second kappa shape index (κ2) is 9.87. The van der Waals surface area contributed by atoms with Gasteiger partial charge in [-0.25, -0.2) is 9.18 Å². The summed E-state index contributed by atoms with van der Waals surface area (Å²) in [5.74, 6) is -1.07. The van der Waals surface area contributed by atoms with Crippen molar-refractivity contribution in [3.05, 3.63) is 58.4 Å². The van der Waals surface area contributed by atoms with Crippen molar-refractivity contribution in [2.45, 2.75) is 71.2 Å². The Morgan fingerprint density at radius 3 is 2.34 bits per heavy atom. The lowest BCUT2D eigenvalue weighted by atomic mass is 9.69. The zero-order valence-electron chi connectivity index (χ0n) is 22.6. The van der Waals surface area contributed by atoms with E-state index in [4.69, 9.17) is 8.92 Å². The van der Waals surface area contributed by atoms with Crippen molar-refractivity contribution in [3.8, 4) is 11.1 Å². The maximum atomic E-state index is 13.9. The van der Waals surface area contributed by atoms with E-state index in [0.717, 1.165) is 40.7 Å². The molecule has 0 heterocycles. The van der Waals surface area contributed by atoms with Crippen LogP contribution >= 0.6 is 10.3 Å². The van der Waals surface area contributed by atoms with Gasteiger partial charge in [-0.1, -0.05) is 59.7 Å². The number of ether oxygens (including phenoxy) is 1. The van der Waals surface area contributed by atoms with Gasteiger partial charge < -0.3 is 14.0 Å². The van der Waals surface area contributed by atoms with Crippen LogP contribution in [-0.4, -0.2) is 42.1 Å². The largest absolute Gasteiger partial charge is 0.465 e. The molecule has 0 saturated carbocycles. The van der Waals surface area contributed by atoms with E-state index in [1.165, 1.54) is 19.2 Å². The molecule has 1 aliphatic rings. The fourth-order valence-corrected chi connectivity index (χ4v) is 5.76. The van der Waals surface area contributed by atoms with Gasteiger partial charge in [0, 0.05) is 22.8 Å². The molecule has 2 aromatic carbocycles. The molecule has 2 unspecified atom stereocenters. The monoisotopic (exact) mass is 504 g/mol. The SMILES string of the molecule is COC(=O)c1c(C(C)CO)cc2c(c1-c1ccc(F)cc1)C(OS(C)(C)C(C)(C)C)CC(C)(C)C2. The van der Waals surface area contributed by atoms with Crippen LogP contribution in [0.5, 0.6) is 0 Å². The second-order valence-corrected chi connectivity index (χ2v) is 15.7. The predicted octanol–water partition coefficient (Wildman–Crippen LogP) is 7.18. The highest BCUT2D eigenvalue weighted by Crippen LogP contribution is 2.60. The van der Waals surface area contributed by atoms with Gasteiger partial charge in [-0.15, -0.1) is 10.3 Å². The van der Waals surface area contributed by atoms with Crippen molar-refractivity contribution in [2.75, 3.05) is 26.2 Å². The number of methoxy groups -OCH3 is 1. The molecule has 0 saturated heterocycles. The Kier molecular flexibility index (Phi) is 7.81. The Morgan fingerprint density at radius 1 is 1.23 bits per heavy atom. The summed E-state index contributed by atoms with van der Waals surface area (Å²) in [6.07, 6.45) is 5.76. The van der Waals surface area contributed by atoms with Gasteiger partial charge in [-0.2, -0.15) is 0 Å². The van der Waals surface area contributed by atoms with E-state index < -0.39 is 16.3 Å². The van der Waals surface area contributed by atoms with Crippen molar-refractivity contribution < 1.29 is 23.2 Å².